The first kappa shape index (κ1) is 10.4. The zero-order valence-corrected chi connectivity index (χ0v) is 8.61. The number of thioether (sulfide) groups is 1. The molecule has 13 heavy (non-hydrogen) atoms. The van der Waals surface area contributed by atoms with Gasteiger partial charge in [-0.2, -0.15) is 0 Å². The van der Waals surface area contributed by atoms with Gasteiger partial charge in [0.1, 0.15) is 0 Å². The van der Waals surface area contributed by atoms with Gasteiger partial charge in [-0.15, -0.1) is 11.8 Å². The monoisotopic (exact) mass is 215 g/mol. The normalized spacial score (nSPS) is 10.0. The first-order valence-electron chi connectivity index (χ1n) is 3.69. The van der Waals surface area contributed by atoms with Crippen LogP contribution in [0.4, 0.5) is 0 Å². The molecular formula is C9H8ClO2S-. The molecule has 0 spiro atoms. The number of carboxylic acid groups (broad SMARTS) is 1. The second-order valence-corrected chi connectivity index (χ2v) is 3.95. The van der Waals surface area contributed by atoms with E-state index in [2.05, 4.69) is 0 Å². The van der Waals surface area contributed by atoms with E-state index in [9.17, 15) is 9.90 Å². The lowest BCUT2D eigenvalue weighted by Gasteiger charge is -2.06. The van der Waals surface area contributed by atoms with Crippen molar-refractivity contribution in [2.75, 3.05) is 5.75 Å². The van der Waals surface area contributed by atoms with Gasteiger partial charge >= 0.3 is 0 Å². The molecule has 0 radical (unpaired) electrons. The lowest BCUT2D eigenvalue weighted by atomic mass is 10.2. The molecule has 4 heteroatoms. The summed E-state index contributed by atoms with van der Waals surface area (Å²) in [5.41, 5.74) is 0.912. The summed E-state index contributed by atoms with van der Waals surface area (Å²) in [5, 5.41) is 10.9. The first-order valence-corrected chi connectivity index (χ1v) is 5.05. The number of hydrogen-bond acceptors (Lipinski definition) is 3. The first-order chi connectivity index (χ1) is 6.11. The van der Waals surface area contributed by atoms with E-state index in [1.165, 1.54) is 11.8 Å². The Hall–Kier alpha value is -0.670. The van der Waals surface area contributed by atoms with Gasteiger partial charge in [0.05, 0.1) is 5.97 Å². The van der Waals surface area contributed by atoms with Crippen molar-refractivity contribution in [1.82, 2.24) is 0 Å². The smallest absolute Gasteiger partial charge is 0.0517 e. The highest BCUT2D eigenvalue weighted by atomic mass is 35.5. The van der Waals surface area contributed by atoms with E-state index in [0.29, 0.717) is 5.02 Å². The molecule has 1 aromatic rings. The summed E-state index contributed by atoms with van der Waals surface area (Å²) < 4.78 is 0. The third-order valence-electron chi connectivity index (χ3n) is 1.56. The molecule has 2 nitrogen and oxygen atoms in total. The number of benzene rings is 1. The SMILES string of the molecule is Cc1c(Cl)cccc1SCC(=O)[O-]. The highest BCUT2D eigenvalue weighted by molar-refractivity contribution is 8.00. The maximum Gasteiger partial charge on any atom is 0.0517 e. The van der Waals surface area contributed by atoms with Crippen LogP contribution in [0.3, 0.4) is 0 Å². The van der Waals surface area contributed by atoms with Crippen molar-refractivity contribution in [2.24, 2.45) is 0 Å². The molecule has 1 rings (SSSR count). The van der Waals surface area contributed by atoms with Crippen LogP contribution in [0.2, 0.25) is 5.02 Å². The Morgan fingerprint density at radius 3 is 2.92 bits per heavy atom. The van der Waals surface area contributed by atoms with Crippen molar-refractivity contribution in [3.63, 3.8) is 0 Å². The van der Waals surface area contributed by atoms with E-state index >= 15 is 0 Å². The number of carbonyl (C=O) groups excluding carboxylic acids is 1. The molecular weight excluding hydrogens is 208 g/mol. The molecule has 0 amide bonds. The molecule has 0 aliphatic heterocycles. The maximum absolute atomic E-state index is 10.2. The fourth-order valence-corrected chi connectivity index (χ4v) is 1.89. The van der Waals surface area contributed by atoms with Gasteiger partial charge in [-0.05, 0) is 24.6 Å². The quantitative estimate of drug-likeness (QED) is 0.718. The molecule has 0 saturated heterocycles. The summed E-state index contributed by atoms with van der Waals surface area (Å²) in [7, 11) is 0. The van der Waals surface area contributed by atoms with Crippen molar-refractivity contribution in [2.45, 2.75) is 11.8 Å². The fourth-order valence-electron chi connectivity index (χ4n) is 0.881. The maximum atomic E-state index is 10.2. The Kier molecular flexibility index (Phi) is 3.63. The Labute approximate surface area is 85.9 Å². The van der Waals surface area contributed by atoms with E-state index in [0.717, 1.165) is 10.5 Å². The summed E-state index contributed by atoms with van der Waals surface area (Å²) in [6.07, 6.45) is 0. The molecule has 0 bridgehead atoms. The van der Waals surface area contributed by atoms with Crippen molar-refractivity contribution in [1.29, 1.82) is 0 Å². The van der Waals surface area contributed by atoms with Gasteiger partial charge in [0.15, 0.2) is 0 Å². The Bertz CT molecular complexity index is 325. The van der Waals surface area contributed by atoms with E-state index < -0.39 is 5.97 Å². The molecule has 0 heterocycles. The van der Waals surface area contributed by atoms with Crippen LogP contribution in [0.5, 0.6) is 0 Å². The van der Waals surface area contributed by atoms with Gasteiger partial charge in [-0.25, -0.2) is 0 Å². The van der Waals surface area contributed by atoms with E-state index in [1.807, 2.05) is 13.0 Å². The highest BCUT2D eigenvalue weighted by Crippen LogP contribution is 2.26. The standard InChI is InChI=1S/C9H9ClO2S/c1-6-7(10)3-2-4-8(6)13-5-9(11)12/h2-4H,5H2,1H3,(H,11,12)/p-1. The number of halogens is 1. The minimum absolute atomic E-state index is 0.0405. The summed E-state index contributed by atoms with van der Waals surface area (Å²) >= 11 is 7.08. The lowest BCUT2D eigenvalue weighted by Crippen LogP contribution is -2.24. The minimum Gasteiger partial charge on any atom is -0.549 e. The molecule has 0 unspecified atom stereocenters. The van der Waals surface area contributed by atoms with Crippen LogP contribution in [-0.2, 0) is 4.79 Å². The van der Waals surface area contributed by atoms with Gasteiger partial charge in [0.25, 0.3) is 0 Å². The Balaban J connectivity index is 2.77. The van der Waals surface area contributed by atoms with E-state index in [4.69, 9.17) is 11.6 Å². The van der Waals surface area contributed by atoms with Crippen LogP contribution in [-0.4, -0.2) is 11.7 Å². The van der Waals surface area contributed by atoms with Gasteiger partial charge in [-0.1, -0.05) is 17.7 Å². The Morgan fingerprint density at radius 2 is 2.31 bits per heavy atom. The second-order valence-electron chi connectivity index (χ2n) is 2.52. The van der Waals surface area contributed by atoms with Gasteiger partial charge in [0.2, 0.25) is 0 Å². The number of carbonyl (C=O) groups is 1. The summed E-state index contributed by atoms with van der Waals surface area (Å²) in [4.78, 5) is 11.1. The van der Waals surface area contributed by atoms with Gasteiger partial charge < -0.3 is 9.90 Å². The van der Waals surface area contributed by atoms with Gasteiger partial charge in [0, 0.05) is 15.7 Å². The largest absolute Gasteiger partial charge is 0.549 e. The van der Waals surface area contributed by atoms with E-state index in [1.54, 1.807) is 12.1 Å². The number of carboxylic acids is 1. The molecule has 0 fully saturated rings. The highest BCUT2D eigenvalue weighted by Gasteiger charge is 2.01. The summed E-state index contributed by atoms with van der Waals surface area (Å²) in [6.45, 7) is 1.86. The van der Waals surface area contributed by atoms with Crippen molar-refractivity contribution in [3.05, 3.63) is 28.8 Å². The zero-order valence-electron chi connectivity index (χ0n) is 7.04. The predicted molar refractivity (Wildman–Crippen MR) is 51.9 cm³/mol. The van der Waals surface area contributed by atoms with Crippen LogP contribution in [0, 0.1) is 6.92 Å². The van der Waals surface area contributed by atoms with Crippen LogP contribution >= 0.6 is 23.4 Å². The molecule has 0 atom stereocenters. The van der Waals surface area contributed by atoms with E-state index in [-0.39, 0.29) is 5.75 Å². The van der Waals surface area contributed by atoms with Crippen LogP contribution < -0.4 is 5.11 Å². The molecule has 0 aliphatic carbocycles. The molecule has 0 aliphatic rings. The van der Waals surface area contributed by atoms with Crippen LogP contribution in [0.25, 0.3) is 0 Å². The lowest BCUT2D eigenvalue weighted by molar-refractivity contribution is -0.301. The number of rotatable bonds is 3. The average Bonchev–Trinajstić information content (AvgIpc) is 2.07. The predicted octanol–water partition coefficient (Wildman–Crippen LogP) is 1.49. The zero-order chi connectivity index (χ0) is 9.84. The number of aliphatic carboxylic acids is 1. The van der Waals surface area contributed by atoms with Crippen LogP contribution in [0.15, 0.2) is 23.1 Å². The van der Waals surface area contributed by atoms with Crippen molar-refractivity contribution >= 4 is 29.3 Å². The minimum atomic E-state index is -1.07. The second kappa shape index (κ2) is 4.53. The average molecular weight is 216 g/mol. The molecule has 1 aromatic carbocycles. The molecule has 0 N–H and O–H groups in total. The third-order valence-corrected chi connectivity index (χ3v) is 3.11. The molecule has 0 aromatic heterocycles. The molecule has 0 saturated carbocycles. The summed E-state index contributed by atoms with van der Waals surface area (Å²) in [6, 6.07) is 5.42. The topological polar surface area (TPSA) is 40.1 Å². The van der Waals surface area contributed by atoms with Gasteiger partial charge in [-0.3, -0.25) is 0 Å². The van der Waals surface area contributed by atoms with Crippen LogP contribution in [0.1, 0.15) is 5.56 Å². The Morgan fingerprint density at radius 1 is 1.62 bits per heavy atom. The fraction of sp³-hybridized carbons (Fsp3) is 0.222. The van der Waals surface area contributed by atoms with Crippen molar-refractivity contribution in [3.8, 4) is 0 Å². The third kappa shape index (κ3) is 2.94. The van der Waals surface area contributed by atoms with Crippen molar-refractivity contribution < 1.29 is 9.90 Å². The number of hydrogen-bond donors (Lipinski definition) is 0. The summed E-state index contributed by atoms with van der Waals surface area (Å²) in [5.74, 6) is -1.11. The molecule has 70 valence electrons.